The van der Waals surface area contributed by atoms with Crippen molar-refractivity contribution in [3.05, 3.63) is 11.8 Å². The SMILES string of the molecule is CCCNc1nc(C)cc(N2CCCC(OCC)C2)n1. The van der Waals surface area contributed by atoms with Crippen LogP contribution in [0.1, 0.15) is 38.8 Å². The minimum atomic E-state index is 0.330. The zero-order valence-electron chi connectivity index (χ0n) is 12.9. The van der Waals surface area contributed by atoms with Gasteiger partial charge in [-0.05, 0) is 33.1 Å². The topological polar surface area (TPSA) is 50.3 Å². The first-order valence-corrected chi connectivity index (χ1v) is 7.69. The number of anilines is 2. The highest BCUT2D eigenvalue weighted by Crippen LogP contribution is 2.21. The van der Waals surface area contributed by atoms with Crippen molar-refractivity contribution in [2.24, 2.45) is 0 Å². The van der Waals surface area contributed by atoms with Gasteiger partial charge in [-0.2, -0.15) is 4.98 Å². The number of rotatable bonds is 6. The number of piperidine rings is 1. The van der Waals surface area contributed by atoms with Gasteiger partial charge in [0, 0.05) is 38.0 Å². The van der Waals surface area contributed by atoms with Gasteiger partial charge in [0.1, 0.15) is 5.82 Å². The molecule has 2 heterocycles. The van der Waals surface area contributed by atoms with Gasteiger partial charge in [0.05, 0.1) is 6.10 Å². The lowest BCUT2D eigenvalue weighted by atomic mass is 10.1. The fourth-order valence-corrected chi connectivity index (χ4v) is 2.55. The summed E-state index contributed by atoms with van der Waals surface area (Å²) in [4.78, 5) is 11.4. The summed E-state index contributed by atoms with van der Waals surface area (Å²) in [5.41, 5.74) is 1.01. The Morgan fingerprint density at radius 3 is 3.00 bits per heavy atom. The van der Waals surface area contributed by atoms with Crippen molar-refractivity contribution in [3.8, 4) is 0 Å². The summed E-state index contributed by atoms with van der Waals surface area (Å²) in [5, 5.41) is 3.27. The summed E-state index contributed by atoms with van der Waals surface area (Å²) in [6.07, 6.45) is 3.71. The molecular formula is C15H26N4O. The van der Waals surface area contributed by atoms with E-state index in [2.05, 4.69) is 40.1 Å². The van der Waals surface area contributed by atoms with Crippen molar-refractivity contribution < 1.29 is 4.74 Å². The Balaban J connectivity index is 2.08. The van der Waals surface area contributed by atoms with Crippen LogP contribution in [0.4, 0.5) is 11.8 Å². The van der Waals surface area contributed by atoms with Crippen LogP contribution >= 0.6 is 0 Å². The Hall–Kier alpha value is -1.36. The molecule has 1 aliphatic heterocycles. The molecule has 1 aromatic heterocycles. The summed E-state index contributed by atoms with van der Waals surface area (Å²) < 4.78 is 5.76. The lowest BCUT2D eigenvalue weighted by molar-refractivity contribution is 0.0525. The van der Waals surface area contributed by atoms with Crippen LogP contribution in [0.3, 0.4) is 0 Å². The fraction of sp³-hybridized carbons (Fsp3) is 0.733. The quantitative estimate of drug-likeness (QED) is 0.867. The van der Waals surface area contributed by atoms with Crippen LogP contribution in [0.15, 0.2) is 6.07 Å². The van der Waals surface area contributed by atoms with Gasteiger partial charge in [0.15, 0.2) is 0 Å². The molecule has 1 N–H and O–H groups in total. The molecule has 1 fully saturated rings. The Labute approximate surface area is 121 Å². The van der Waals surface area contributed by atoms with Gasteiger partial charge in [-0.3, -0.25) is 0 Å². The van der Waals surface area contributed by atoms with Gasteiger partial charge < -0.3 is 15.0 Å². The van der Waals surface area contributed by atoms with Gasteiger partial charge >= 0.3 is 0 Å². The van der Waals surface area contributed by atoms with E-state index in [4.69, 9.17) is 4.74 Å². The highest BCUT2D eigenvalue weighted by Gasteiger charge is 2.21. The van der Waals surface area contributed by atoms with Crippen molar-refractivity contribution >= 4 is 11.8 Å². The maximum atomic E-state index is 5.76. The van der Waals surface area contributed by atoms with E-state index in [1.807, 2.05) is 6.92 Å². The minimum absolute atomic E-state index is 0.330. The van der Waals surface area contributed by atoms with Crippen LogP contribution in [0.5, 0.6) is 0 Å². The van der Waals surface area contributed by atoms with Crippen molar-refractivity contribution in [1.82, 2.24) is 9.97 Å². The van der Waals surface area contributed by atoms with Gasteiger partial charge in [-0.15, -0.1) is 0 Å². The van der Waals surface area contributed by atoms with Crippen molar-refractivity contribution in [3.63, 3.8) is 0 Å². The molecule has 0 spiro atoms. The van der Waals surface area contributed by atoms with Crippen LogP contribution in [-0.4, -0.2) is 42.3 Å². The van der Waals surface area contributed by atoms with E-state index < -0.39 is 0 Å². The first kappa shape index (κ1) is 15.0. The molecule has 1 aromatic rings. The molecule has 5 heteroatoms. The van der Waals surface area contributed by atoms with Gasteiger partial charge in [0.2, 0.25) is 5.95 Å². The second-order valence-corrected chi connectivity index (χ2v) is 5.28. The highest BCUT2D eigenvalue weighted by molar-refractivity contribution is 5.45. The third kappa shape index (κ3) is 4.07. The molecule has 0 bridgehead atoms. The van der Waals surface area contributed by atoms with E-state index >= 15 is 0 Å². The van der Waals surface area contributed by atoms with Crippen LogP contribution in [0.2, 0.25) is 0 Å². The maximum Gasteiger partial charge on any atom is 0.224 e. The third-order valence-electron chi connectivity index (χ3n) is 3.48. The molecule has 5 nitrogen and oxygen atoms in total. The normalized spacial score (nSPS) is 19.1. The molecule has 20 heavy (non-hydrogen) atoms. The van der Waals surface area contributed by atoms with E-state index in [0.717, 1.165) is 63.0 Å². The number of aromatic nitrogens is 2. The standard InChI is InChI=1S/C15H26N4O/c1-4-8-16-15-17-12(3)10-14(18-15)19-9-6-7-13(11-19)20-5-2/h10,13H,4-9,11H2,1-3H3,(H,16,17,18). The minimum Gasteiger partial charge on any atom is -0.377 e. The van der Waals surface area contributed by atoms with Crippen LogP contribution in [0.25, 0.3) is 0 Å². The predicted molar refractivity (Wildman–Crippen MR) is 82.4 cm³/mol. The molecule has 0 aliphatic carbocycles. The van der Waals surface area contributed by atoms with E-state index in [0.29, 0.717) is 6.10 Å². The molecule has 0 saturated carbocycles. The molecular weight excluding hydrogens is 252 g/mol. The van der Waals surface area contributed by atoms with E-state index in [9.17, 15) is 0 Å². The molecule has 0 radical (unpaired) electrons. The molecule has 2 rings (SSSR count). The number of hydrogen-bond donors (Lipinski definition) is 1. The summed E-state index contributed by atoms with van der Waals surface area (Å²) in [6.45, 7) is 9.88. The molecule has 0 aromatic carbocycles. The zero-order valence-corrected chi connectivity index (χ0v) is 12.9. The average Bonchev–Trinajstić information content (AvgIpc) is 2.45. The number of nitrogens with one attached hydrogen (secondary N) is 1. The summed E-state index contributed by atoms with van der Waals surface area (Å²) >= 11 is 0. The lowest BCUT2D eigenvalue weighted by Crippen LogP contribution is -2.40. The Bertz CT molecular complexity index is 422. The second kappa shape index (κ2) is 7.43. The van der Waals surface area contributed by atoms with E-state index in [-0.39, 0.29) is 0 Å². The highest BCUT2D eigenvalue weighted by atomic mass is 16.5. The lowest BCUT2D eigenvalue weighted by Gasteiger charge is -2.33. The summed E-state index contributed by atoms with van der Waals surface area (Å²) in [6, 6.07) is 2.06. The molecule has 1 atom stereocenters. The zero-order chi connectivity index (χ0) is 14.4. The molecule has 1 saturated heterocycles. The van der Waals surface area contributed by atoms with Gasteiger partial charge in [-0.1, -0.05) is 6.92 Å². The summed E-state index contributed by atoms with van der Waals surface area (Å²) in [5.74, 6) is 1.75. The first-order chi connectivity index (χ1) is 9.72. The average molecular weight is 278 g/mol. The summed E-state index contributed by atoms with van der Waals surface area (Å²) in [7, 11) is 0. The predicted octanol–water partition coefficient (Wildman–Crippen LogP) is 2.61. The van der Waals surface area contributed by atoms with Crippen molar-refractivity contribution in [2.75, 3.05) is 36.5 Å². The van der Waals surface area contributed by atoms with E-state index in [1.165, 1.54) is 0 Å². The molecule has 1 aliphatic rings. The largest absolute Gasteiger partial charge is 0.377 e. The molecule has 112 valence electrons. The number of ether oxygens (including phenoxy) is 1. The second-order valence-electron chi connectivity index (χ2n) is 5.28. The Morgan fingerprint density at radius 2 is 2.25 bits per heavy atom. The van der Waals surface area contributed by atoms with Crippen LogP contribution in [0, 0.1) is 6.92 Å². The Kier molecular flexibility index (Phi) is 5.59. The monoisotopic (exact) mass is 278 g/mol. The van der Waals surface area contributed by atoms with Crippen LogP contribution < -0.4 is 10.2 Å². The third-order valence-corrected chi connectivity index (χ3v) is 3.48. The number of nitrogens with zero attached hydrogens (tertiary/aromatic N) is 3. The number of aryl methyl sites for hydroxylation is 1. The van der Waals surface area contributed by atoms with Gasteiger partial charge in [-0.25, -0.2) is 4.98 Å². The van der Waals surface area contributed by atoms with Crippen LogP contribution in [-0.2, 0) is 4.74 Å². The Morgan fingerprint density at radius 1 is 1.40 bits per heavy atom. The van der Waals surface area contributed by atoms with Gasteiger partial charge in [0.25, 0.3) is 0 Å². The fourth-order valence-electron chi connectivity index (χ4n) is 2.55. The smallest absolute Gasteiger partial charge is 0.224 e. The first-order valence-electron chi connectivity index (χ1n) is 7.69. The maximum absolute atomic E-state index is 5.76. The molecule has 0 amide bonds. The molecule has 1 unspecified atom stereocenters. The number of hydrogen-bond acceptors (Lipinski definition) is 5. The van der Waals surface area contributed by atoms with Crippen molar-refractivity contribution in [2.45, 2.75) is 46.1 Å². The van der Waals surface area contributed by atoms with Crippen molar-refractivity contribution in [1.29, 1.82) is 0 Å². The van der Waals surface area contributed by atoms with E-state index in [1.54, 1.807) is 0 Å².